The minimum atomic E-state index is -1.80. The topological polar surface area (TPSA) is 46.6 Å². The lowest BCUT2D eigenvalue weighted by Gasteiger charge is -2.24. The second-order valence-electron chi connectivity index (χ2n) is 3.91. The van der Waals surface area contributed by atoms with Gasteiger partial charge in [0, 0.05) is 18.9 Å². The van der Waals surface area contributed by atoms with Gasteiger partial charge in [-0.15, -0.1) is 0 Å². The predicted octanol–water partition coefficient (Wildman–Crippen LogP) is 1.57. The van der Waals surface area contributed by atoms with E-state index >= 15 is 0 Å². The van der Waals surface area contributed by atoms with E-state index in [2.05, 4.69) is 4.74 Å². The third kappa shape index (κ3) is 3.25. The minimum Gasteiger partial charge on any atom is -0.467 e. The quantitative estimate of drug-likeness (QED) is 0.708. The number of esters is 1. The number of halogens is 2. The lowest BCUT2D eigenvalue weighted by molar-refractivity contribution is -0.151. The van der Waals surface area contributed by atoms with Gasteiger partial charge in [0.05, 0.1) is 7.11 Å². The molecule has 0 radical (unpaired) electrons. The second kappa shape index (κ2) is 5.75. The van der Waals surface area contributed by atoms with Crippen LogP contribution in [0.1, 0.15) is 19.8 Å². The van der Waals surface area contributed by atoms with Crippen molar-refractivity contribution in [1.82, 2.24) is 4.90 Å². The van der Waals surface area contributed by atoms with Gasteiger partial charge in [-0.3, -0.25) is 4.79 Å². The maximum Gasteiger partial charge on any atom is 0.328 e. The molecule has 0 spiro atoms. The highest BCUT2D eigenvalue weighted by molar-refractivity contribution is 5.86. The van der Waals surface area contributed by atoms with Crippen LogP contribution in [0.2, 0.25) is 0 Å². The smallest absolute Gasteiger partial charge is 0.328 e. The summed E-state index contributed by atoms with van der Waals surface area (Å²) in [7, 11) is 1.24. The van der Waals surface area contributed by atoms with Crippen LogP contribution < -0.4 is 0 Å². The highest BCUT2D eigenvalue weighted by atomic mass is 19.3. The molecule has 1 rings (SSSR count). The van der Waals surface area contributed by atoms with E-state index in [1.807, 2.05) is 0 Å². The fourth-order valence-electron chi connectivity index (χ4n) is 2.00. The predicted molar refractivity (Wildman–Crippen MR) is 56.2 cm³/mol. The van der Waals surface area contributed by atoms with Crippen LogP contribution >= 0.6 is 0 Å². The highest BCUT2D eigenvalue weighted by Crippen LogP contribution is 2.24. The zero-order chi connectivity index (χ0) is 13.0. The Morgan fingerprint density at radius 2 is 2.29 bits per heavy atom. The van der Waals surface area contributed by atoms with Crippen molar-refractivity contribution in [1.29, 1.82) is 0 Å². The molecule has 0 aromatic carbocycles. The Morgan fingerprint density at radius 3 is 2.76 bits per heavy atom. The van der Waals surface area contributed by atoms with Crippen molar-refractivity contribution in [2.75, 3.05) is 13.7 Å². The van der Waals surface area contributed by atoms with Crippen LogP contribution in [-0.4, -0.2) is 36.5 Å². The zero-order valence-corrected chi connectivity index (χ0v) is 9.78. The Kier molecular flexibility index (Phi) is 4.60. The molecule has 1 aliphatic rings. The van der Waals surface area contributed by atoms with Gasteiger partial charge < -0.3 is 9.64 Å². The summed E-state index contributed by atoms with van der Waals surface area (Å²) in [5.74, 6) is -1.32. The molecule has 0 unspecified atom stereocenters. The van der Waals surface area contributed by atoms with E-state index in [4.69, 9.17) is 0 Å². The van der Waals surface area contributed by atoms with Crippen LogP contribution in [0.25, 0.3) is 0 Å². The number of hydrogen-bond donors (Lipinski definition) is 0. The summed E-state index contributed by atoms with van der Waals surface area (Å²) in [6.07, 6.45) is -0.601. The molecule has 0 aromatic heterocycles. The lowest BCUT2D eigenvalue weighted by Crippen LogP contribution is -2.42. The van der Waals surface area contributed by atoms with Crippen molar-refractivity contribution in [3.63, 3.8) is 0 Å². The second-order valence-corrected chi connectivity index (χ2v) is 3.91. The molecule has 4 nitrogen and oxygen atoms in total. The molecule has 96 valence electrons. The summed E-state index contributed by atoms with van der Waals surface area (Å²) in [5.41, 5.74) is 0. The van der Waals surface area contributed by atoms with E-state index in [1.165, 1.54) is 12.0 Å². The number of carbonyl (C=O) groups excluding carboxylic acids is 2. The number of carbonyl (C=O) groups is 2. The van der Waals surface area contributed by atoms with Gasteiger partial charge in [-0.05, 0) is 12.5 Å². The molecule has 17 heavy (non-hydrogen) atoms. The van der Waals surface area contributed by atoms with E-state index in [0.717, 1.165) is 6.08 Å². The number of ether oxygens (including phenoxy) is 1. The Morgan fingerprint density at radius 1 is 1.65 bits per heavy atom. The van der Waals surface area contributed by atoms with Crippen LogP contribution in [0.5, 0.6) is 0 Å². The van der Waals surface area contributed by atoms with E-state index in [9.17, 15) is 18.4 Å². The number of nitrogens with zero attached hydrogens (tertiary/aromatic N) is 1. The summed E-state index contributed by atoms with van der Waals surface area (Å²) < 4.78 is 28.8. The molecule has 1 heterocycles. The molecule has 0 aliphatic carbocycles. The van der Waals surface area contributed by atoms with Gasteiger partial charge in [-0.2, -0.15) is 8.78 Å². The van der Waals surface area contributed by atoms with Gasteiger partial charge in [0.25, 0.3) is 6.08 Å². The van der Waals surface area contributed by atoms with E-state index < -0.39 is 24.0 Å². The molecule has 1 amide bonds. The van der Waals surface area contributed by atoms with Crippen molar-refractivity contribution < 1.29 is 23.1 Å². The van der Waals surface area contributed by atoms with Crippen molar-refractivity contribution in [2.24, 2.45) is 5.92 Å². The lowest BCUT2D eigenvalue weighted by atomic mass is 10.1. The zero-order valence-electron chi connectivity index (χ0n) is 9.78. The first-order chi connectivity index (χ1) is 7.99. The minimum absolute atomic E-state index is 0.0187. The molecule has 1 aliphatic heterocycles. The number of methoxy groups -OCH3 is 1. The summed E-state index contributed by atoms with van der Waals surface area (Å²) >= 11 is 0. The van der Waals surface area contributed by atoms with Gasteiger partial charge in [-0.25, -0.2) is 4.79 Å². The fraction of sp³-hybridized carbons (Fsp3) is 0.636. The van der Waals surface area contributed by atoms with Crippen LogP contribution in [0.4, 0.5) is 8.78 Å². The maximum atomic E-state index is 12.1. The SMILES string of the molecule is CC[C@@H](C(=O)OC)N1C[C@H](C=C(F)F)CC1=O. The molecular formula is C11H15F2NO3. The Labute approximate surface area is 98.2 Å². The van der Waals surface area contributed by atoms with Gasteiger partial charge in [0.2, 0.25) is 5.91 Å². The summed E-state index contributed by atoms with van der Waals surface area (Å²) in [5, 5.41) is 0. The van der Waals surface area contributed by atoms with Gasteiger partial charge in [0.1, 0.15) is 6.04 Å². The molecule has 0 bridgehead atoms. The van der Waals surface area contributed by atoms with Crippen LogP contribution in [0.3, 0.4) is 0 Å². The third-order valence-corrected chi connectivity index (χ3v) is 2.79. The molecule has 2 atom stereocenters. The highest BCUT2D eigenvalue weighted by Gasteiger charge is 2.36. The van der Waals surface area contributed by atoms with Crippen molar-refractivity contribution in [3.8, 4) is 0 Å². The number of amides is 1. The standard InChI is InChI=1S/C11H15F2NO3/c1-3-8(11(16)17-2)14-6-7(4-9(12)13)5-10(14)15/h4,7-8H,3,5-6H2,1-2H3/t7-,8+/m1/s1. The first kappa shape index (κ1) is 13.6. The molecule has 1 fully saturated rings. The Balaban J connectivity index is 2.75. The molecule has 1 saturated heterocycles. The van der Waals surface area contributed by atoms with Gasteiger partial charge in [-0.1, -0.05) is 6.92 Å². The molecule has 0 saturated carbocycles. The monoisotopic (exact) mass is 247 g/mol. The molecule has 6 heteroatoms. The number of rotatable bonds is 4. The summed E-state index contributed by atoms with van der Waals surface area (Å²) in [6.45, 7) is 1.89. The average molecular weight is 247 g/mol. The number of likely N-dealkylation sites (tertiary alicyclic amines) is 1. The largest absolute Gasteiger partial charge is 0.467 e. The van der Waals surface area contributed by atoms with Gasteiger partial charge in [0.15, 0.2) is 0 Å². The fourth-order valence-corrected chi connectivity index (χ4v) is 2.00. The molecule has 0 aromatic rings. The maximum absolute atomic E-state index is 12.1. The third-order valence-electron chi connectivity index (χ3n) is 2.79. The first-order valence-corrected chi connectivity index (χ1v) is 5.39. The van der Waals surface area contributed by atoms with Crippen molar-refractivity contribution >= 4 is 11.9 Å². The number of hydrogen-bond acceptors (Lipinski definition) is 3. The van der Waals surface area contributed by atoms with Crippen molar-refractivity contribution in [2.45, 2.75) is 25.8 Å². The average Bonchev–Trinajstić information content (AvgIpc) is 2.59. The van der Waals surface area contributed by atoms with Crippen LogP contribution in [0, 0.1) is 5.92 Å². The van der Waals surface area contributed by atoms with E-state index in [0.29, 0.717) is 6.42 Å². The molecule has 0 N–H and O–H groups in total. The van der Waals surface area contributed by atoms with Crippen LogP contribution in [-0.2, 0) is 14.3 Å². The normalized spacial score (nSPS) is 21.3. The van der Waals surface area contributed by atoms with E-state index in [-0.39, 0.29) is 18.9 Å². The van der Waals surface area contributed by atoms with Crippen LogP contribution in [0.15, 0.2) is 12.2 Å². The first-order valence-electron chi connectivity index (χ1n) is 5.39. The Hall–Kier alpha value is -1.46. The Bertz CT molecular complexity index is 340. The van der Waals surface area contributed by atoms with Gasteiger partial charge >= 0.3 is 5.97 Å². The van der Waals surface area contributed by atoms with E-state index in [1.54, 1.807) is 6.92 Å². The van der Waals surface area contributed by atoms with Crippen molar-refractivity contribution in [3.05, 3.63) is 12.2 Å². The summed E-state index contributed by atoms with van der Waals surface area (Å²) in [6, 6.07) is -0.673. The summed E-state index contributed by atoms with van der Waals surface area (Å²) in [4.78, 5) is 24.4. The molecular weight excluding hydrogens is 232 g/mol.